The van der Waals surface area contributed by atoms with Crippen molar-refractivity contribution >= 4 is 46.4 Å². The summed E-state index contributed by atoms with van der Waals surface area (Å²) < 4.78 is 5.10. The van der Waals surface area contributed by atoms with Gasteiger partial charge in [-0.1, -0.05) is 13.8 Å². The normalized spacial score (nSPS) is 26.7. The van der Waals surface area contributed by atoms with Gasteiger partial charge >= 0.3 is 6.03 Å². The quantitative estimate of drug-likeness (QED) is 0.260. The fourth-order valence-electron chi connectivity index (χ4n) is 6.63. The molecule has 2 fully saturated rings. The molecule has 0 aromatic heterocycles. The molecule has 0 saturated heterocycles. The van der Waals surface area contributed by atoms with Crippen molar-refractivity contribution in [2.75, 3.05) is 17.7 Å². The SMILES string of the molecule is COc1ccc(NC(=O)Nc2cc(C(C)C)c3c(c2O)C(=O)C2C(=O)[C@]4(O)C(=O)C(C(N)=O)C(=O)C[C@@H]4C[C@@H]2C3)cc1. The number of fused-ring (bicyclic) bond motifs is 3. The molecule has 220 valence electrons. The molecule has 0 bridgehead atoms. The van der Waals surface area contributed by atoms with Gasteiger partial charge in [-0.2, -0.15) is 0 Å². The molecule has 2 aromatic rings. The molecule has 0 heterocycles. The Kier molecular flexibility index (Phi) is 7.13. The second-order valence-electron chi connectivity index (χ2n) is 11.4. The summed E-state index contributed by atoms with van der Waals surface area (Å²) in [4.78, 5) is 78.0. The highest BCUT2D eigenvalue weighted by Gasteiger charge is 2.66. The minimum absolute atomic E-state index is 0.00359. The van der Waals surface area contributed by atoms with Crippen LogP contribution in [0, 0.1) is 23.7 Å². The lowest BCUT2D eigenvalue weighted by Crippen LogP contribution is -2.68. The number of urea groups is 1. The van der Waals surface area contributed by atoms with Crippen molar-refractivity contribution in [3.63, 3.8) is 0 Å². The predicted molar refractivity (Wildman–Crippen MR) is 148 cm³/mol. The molecule has 3 amide bonds. The van der Waals surface area contributed by atoms with Crippen LogP contribution >= 0.6 is 0 Å². The maximum absolute atomic E-state index is 13.9. The molecule has 0 radical (unpaired) electrons. The number of ketones is 4. The Balaban J connectivity index is 1.51. The van der Waals surface area contributed by atoms with Crippen LogP contribution in [-0.2, 0) is 25.6 Å². The molecule has 12 heteroatoms. The molecule has 5 rings (SSSR count). The smallest absolute Gasteiger partial charge is 0.323 e. The minimum atomic E-state index is -2.73. The largest absolute Gasteiger partial charge is 0.505 e. The van der Waals surface area contributed by atoms with E-state index in [0.717, 1.165) is 0 Å². The van der Waals surface area contributed by atoms with Crippen LogP contribution in [0.2, 0.25) is 0 Å². The zero-order valence-corrected chi connectivity index (χ0v) is 23.2. The lowest BCUT2D eigenvalue weighted by Gasteiger charge is -2.48. The number of methoxy groups -OCH3 is 1. The number of nitrogens with one attached hydrogen (secondary N) is 2. The highest BCUT2D eigenvalue weighted by Crippen LogP contribution is 2.51. The number of carbonyl (C=O) groups excluding carboxylic acids is 6. The number of aliphatic hydroxyl groups is 1. The Hall–Kier alpha value is -4.58. The van der Waals surface area contributed by atoms with E-state index < -0.39 is 76.5 Å². The number of amides is 3. The van der Waals surface area contributed by atoms with Crippen LogP contribution in [0.4, 0.5) is 16.2 Å². The van der Waals surface area contributed by atoms with Crippen LogP contribution in [0.15, 0.2) is 30.3 Å². The number of phenolic OH excluding ortho intramolecular Hbond substituents is 1. The van der Waals surface area contributed by atoms with Crippen LogP contribution in [0.1, 0.15) is 54.1 Å². The van der Waals surface area contributed by atoms with Crippen molar-refractivity contribution in [2.45, 2.75) is 44.6 Å². The number of hydrogen-bond acceptors (Lipinski definition) is 9. The van der Waals surface area contributed by atoms with Gasteiger partial charge in [0.25, 0.3) is 0 Å². The van der Waals surface area contributed by atoms with Gasteiger partial charge < -0.3 is 31.3 Å². The molecule has 42 heavy (non-hydrogen) atoms. The maximum Gasteiger partial charge on any atom is 0.323 e. The summed E-state index contributed by atoms with van der Waals surface area (Å²) in [5.74, 6) is -10.6. The second kappa shape index (κ2) is 10.4. The second-order valence-corrected chi connectivity index (χ2v) is 11.4. The fraction of sp³-hybridized carbons (Fsp3) is 0.400. The van der Waals surface area contributed by atoms with Crippen LogP contribution < -0.4 is 21.1 Å². The molecule has 2 unspecified atom stereocenters. The number of primary amides is 1. The third-order valence-corrected chi connectivity index (χ3v) is 8.65. The Morgan fingerprint density at radius 1 is 1.05 bits per heavy atom. The highest BCUT2D eigenvalue weighted by molar-refractivity contribution is 6.31. The molecule has 3 aliphatic rings. The summed E-state index contributed by atoms with van der Waals surface area (Å²) in [7, 11) is 1.51. The van der Waals surface area contributed by atoms with Gasteiger partial charge in [-0.25, -0.2) is 4.79 Å². The van der Waals surface area contributed by atoms with Gasteiger partial charge in [0.2, 0.25) is 5.91 Å². The summed E-state index contributed by atoms with van der Waals surface area (Å²) in [5, 5.41) is 27.8. The van der Waals surface area contributed by atoms with E-state index in [2.05, 4.69) is 10.6 Å². The van der Waals surface area contributed by atoms with E-state index >= 15 is 0 Å². The van der Waals surface area contributed by atoms with Crippen molar-refractivity contribution < 1.29 is 43.7 Å². The molecular weight excluding hydrogens is 546 g/mol. The van der Waals surface area contributed by atoms with Gasteiger partial charge in [0.05, 0.1) is 24.3 Å². The molecule has 0 spiro atoms. The third-order valence-electron chi connectivity index (χ3n) is 8.65. The summed E-state index contributed by atoms with van der Waals surface area (Å²) in [6, 6.07) is 7.40. The molecule has 3 aliphatic carbocycles. The van der Waals surface area contributed by atoms with Crippen molar-refractivity contribution in [1.29, 1.82) is 0 Å². The van der Waals surface area contributed by atoms with Gasteiger partial charge in [0.15, 0.2) is 34.7 Å². The molecule has 0 aliphatic heterocycles. The van der Waals surface area contributed by atoms with E-state index in [1.54, 1.807) is 30.3 Å². The monoisotopic (exact) mass is 577 g/mol. The standard InChI is InChI=1S/C30H31N3O9/c1-12(2)17-11-19(33-29(40)32-15-4-6-16(42-3)7-5-15)24(35)22-18(17)9-13-8-14-10-20(34)23(28(31)39)27(38)30(14,41)26(37)21(13)25(22)36/h4-7,11-14,21,23,35,41H,8-10H2,1-3H3,(H2,31,39)(H2,32,33,40)/t13-,14+,21?,23?,30+/m1/s1. The van der Waals surface area contributed by atoms with Crippen LogP contribution in [0.25, 0.3) is 0 Å². The first-order valence-electron chi connectivity index (χ1n) is 13.6. The molecule has 2 aromatic carbocycles. The predicted octanol–water partition coefficient (Wildman–Crippen LogP) is 2.10. The number of benzene rings is 2. The van der Waals surface area contributed by atoms with Crippen molar-refractivity contribution in [2.24, 2.45) is 29.4 Å². The average molecular weight is 578 g/mol. The van der Waals surface area contributed by atoms with Gasteiger partial charge in [-0.15, -0.1) is 0 Å². The molecule has 2 saturated carbocycles. The third kappa shape index (κ3) is 4.42. The number of rotatable bonds is 5. The highest BCUT2D eigenvalue weighted by atomic mass is 16.5. The number of anilines is 2. The first-order valence-corrected chi connectivity index (χ1v) is 13.6. The fourth-order valence-corrected chi connectivity index (χ4v) is 6.63. The first-order chi connectivity index (χ1) is 19.8. The van der Waals surface area contributed by atoms with Gasteiger partial charge in [-0.3, -0.25) is 24.0 Å². The molecule has 6 N–H and O–H groups in total. The van der Waals surface area contributed by atoms with Gasteiger partial charge in [0, 0.05) is 18.0 Å². The average Bonchev–Trinajstić information content (AvgIpc) is 2.92. The Morgan fingerprint density at radius 2 is 1.71 bits per heavy atom. The number of Topliss-reactive ketones (excluding diaryl/α,β-unsaturated/α-hetero) is 4. The van der Waals surface area contributed by atoms with Crippen molar-refractivity contribution in [3.8, 4) is 11.5 Å². The van der Waals surface area contributed by atoms with Crippen molar-refractivity contribution in [3.05, 3.63) is 47.0 Å². The van der Waals surface area contributed by atoms with Crippen LogP contribution in [-0.4, -0.2) is 58.0 Å². The number of hydrogen-bond donors (Lipinski definition) is 5. The van der Waals surface area contributed by atoms with E-state index in [-0.39, 0.29) is 30.0 Å². The number of phenols is 1. The Bertz CT molecular complexity index is 1550. The number of carbonyl (C=O) groups is 6. The first kappa shape index (κ1) is 28.9. The summed E-state index contributed by atoms with van der Waals surface area (Å²) in [5.41, 5.74) is 3.85. The van der Waals surface area contributed by atoms with E-state index in [0.29, 0.717) is 22.6 Å². The zero-order chi connectivity index (χ0) is 30.7. The number of aromatic hydroxyl groups is 1. The maximum atomic E-state index is 13.9. The van der Waals surface area contributed by atoms with E-state index in [1.807, 2.05) is 13.8 Å². The summed E-state index contributed by atoms with van der Waals surface area (Å²) in [6.07, 6.45) is -0.241. The molecule has 5 atom stereocenters. The zero-order valence-electron chi connectivity index (χ0n) is 23.2. The van der Waals surface area contributed by atoms with E-state index in [4.69, 9.17) is 10.5 Å². The Labute approximate surface area is 240 Å². The molecular formula is C30H31N3O9. The minimum Gasteiger partial charge on any atom is -0.505 e. The lowest BCUT2D eigenvalue weighted by molar-refractivity contribution is -0.175. The van der Waals surface area contributed by atoms with Crippen LogP contribution in [0.5, 0.6) is 11.5 Å². The summed E-state index contributed by atoms with van der Waals surface area (Å²) in [6.45, 7) is 3.75. The van der Waals surface area contributed by atoms with Crippen molar-refractivity contribution in [1.82, 2.24) is 0 Å². The topological polar surface area (TPSA) is 202 Å². The summed E-state index contributed by atoms with van der Waals surface area (Å²) >= 11 is 0. The van der Waals surface area contributed by atoms with E-state index in [9.17, 15) is 39.0 Å². The van der Waals surface area contributed by atoms with Crippen LogP contribution in [0.3, 0.4) is 0 Å². The van der Waals surface area contributed by atoms with Gasteiger partial charge in [0.1, 0.15) is 11.5 Å². The van der Waals surface area contributed by atoms with Gasteiger partial charge in [-0.05, 0) is 66.1 Å². The number of nitrogens with two attached hydrogens (primary N) is 1. The van der Waals surface area contributed by atoms with E-state index in [1.165, 1.54) is 7.11 Å². The lowest BCUT2D eigenvalue weighted by atomic mass is 9.53. The number of ether oxygens (including phenoxy) is 1. The molecule has 12 nitrogen and oxygen atoms in total. The Morgan fingerprint density at radius 3 is 2.31 bits per heavy atom.